The summed E-state index contributed by atoms with van der Waals surface area (Å²) < 4.78 is 81.3. The largest absolute Gasteiger partial charge is 0.573 e. The SMILES string of the molecule is CC(C)(C)OC(=O)NCN(NCC1CCC(CNS(=O)(=O)c2ccc(Br)cc2OC(F)(F)F)CC1)C(=O)OC(C)(C)C. The Balaban J connectivity index is 1.92. The molecule has 0 aliphatic heterocycles. The topological polar surface area (TPSA) is 135 Å². The number of hydrazine groups is 1. The van der Waals surface area contributed by atoms with Gasteiger partial charge in [-0.2, -0.15) is 0 Å². The molecule has 1 saturated carbocycles. The second-order valence-corrected chi connectivity index (χ2v) is 14.6. The van der Waals surface area contributed by atoms with Crippen LogP contribution in [0.2, 0.25) is 0 Å². The second kappa shape index (κ2) is 14.4. The van der Waals surface area contributed by atoms with E-state index in [1.807, 2.05) is 0 Å². The molecular formula is C26H40BrF3N4O7S. The molecule has 1 aromatic rings. The summed E-state index contributed by atoms with van der Waals surface area (Å²) in [6, 6.07) is 3.31. The van der Waals surface area contributed by atoms with E-state index in [2.05, 4.69) is 36.1 Å². The quantitative estimate of drug-likeness (QED) is 0.212. The summed E-state index contributed by atoms with van der Waals surface area (Å²) in [5.74, 6) is -0.716. The van der Waals surface area contributed by atoms with E-state index in [0.29, 0.717) is 32.2 Å². The van der Waals surface area contributed by atoms with Gasteiger partial charge in [-0.3, -0.25) is 0 Å². The summed E-state index contributed by atoms with van der Waals surface area (Å²) >= 11 is 3.02. The van der Waals surface area contributed by atoms with Crippen molar-refractivity contribution >= 4 is 38.1 Å². The van der Waals surface area contributed by atoms with Gasteiger partial charge in [0.1, 0.15) is 22.8 Å². The summed E-state index contributed by atoms with van der Waals surface area (Å²) in [6.07, 6.45) is -3.69. The fourth-order valence-electron chi connectivity index (χ4n) is 4.05. The molecule has 42 heavy (non-hydrogen) atoms. The number of hydrogen-bond donors (Lipinski definition) is 3. The van der Waals surface area contributed by atoms with E-state index in [9.17, 15) is 31.2 Å². The maximum Gasteiger partial charge on any atom is 0.573 e. The first-order valence-corrected chi connectivity index (χ1v) is 15.7. The number of carbonyl (C=O) groups excluding carboxylic acids is 2. The van der Waals surface area contributed by atoms with Gasteiger partial charge < -0.3 is 19.5 Å². The number of ether oxygens (including phenoxy) is 3. The van der Waals surface area contributed by atoms with Gasteiger partial charge in [0, 0.05) is 17.6 Å². The van der Waals surface area contributed by atoms with Gasteiger partial charge in [0.15, 0.2) is 5.75 Å². The van der Waals surface area contributed by atoms with Gasteiger partial charge in [-0.1, -0.05) is 15.9 Å². The molecule has 0 spiro atoms. The van der Waals surface area contributed by atoms with Crippen LogP contribution in [0.1, 0.15) is 67.2 Å². The molecular weight excluding hydrogens is 649 g/mol. The lowest BCUT2D eigenvalue weighted by Gasteiger charge is -2.32. The maximum absolute atomic E-state index is 12.8. The first-order chi connectivity index (χ1) is 19.1. The number of sulfonamides is 1. The van der Waals surface area contributed by atoms with Gasteiger partial charge in [0.2, 0.25) is 10.0 Å². The summed E-state index contributed by atoms with van der Waals surface area (Å²) in [5.41, 5.74) is 1.55. The molecule has 0 unspecified atom stereocenters. The summed E-state index contributed by atoms with van der Waals surface area (Å²) in [4.78, 5) is 24.2. The lowest BCUT2D eigenvalue weighted by atomic mass is 9.82. The third-order valence-corrected chi connectivity index (χ3v) is 7.87. The van der Waals surface area contributed by atoms with Crippen LogP contribution < -0.4 is 20.2 Å². The molecule has 3 N–H and O–H groups in total. The minimum Gasteiger partial charge on any atom is -0.444 e. The van der Waals surface area contributed by atoms with Crippen molar-refractivity contribution in [2.24, 2.45) is 11.8 Å². The van der Waals surface area contributed by atoms with Crippen molar-refractivity contribution in [3.05, 3.63) is 22.7 Å². The van der Waals surface area contributed by atoms with Crippen molar-refractivity contribution in [2.75, 3.05) is 19.8 Å². The summed E-state index contributed by atoms with van der Waals surface area (Å²) in [5, 5.41) is 3.69. The standard InChI is InChI=1S/C26H40BrF3N4O7S/c1-24(2,3)40-22(35)31-16-34(23(36)41-25(4,5)6)32-14-17-7-9-18(10-8-17)15-33-42(37,38)21-12-11-19(27)13-20(21)39-26(28,29)30/h11-13,17-18,32-33H,7-10,14-16H2,1-6H3,(H,31,35). The van der Waals surface area contributed by atoms with Crippen LogP contribution in [0.3, 0.4) is 0 Å². The van der Waals surface area contributed by atoms with Crippen LogP contribution in [0.4, 0.5) is 22.8 Å². The van der Waals surface area contributed by atoms with Gasteiger partial charge in [0.25, 0.3) is 0 Å². The van der Waals surface area contributed by atoms with Crippen LogP contribution in [0.5, 0.6) is 5.75 Å². The molecule has 240 valence electrons. The molecule has 0 heterocycles. The average Bonchev–Trinajstić information content (AvgIpc) is 2.80. The zero-order valence-corrected chi connectivity index (χ0v) is 27.0. The van der Waals surface area contributed by atoms with Crippen molar-refractivity contribution in [1.29, 1.82) is 0 Å². The van der Waals surface area contributed by atoms with Crippen molar-refractivity contribution < 1.29 is 45.4 Å². The molecule has 1 aromatic carbocycles. The Bertz CT molecular complexity index is 1180. The first-order valence-electron chi connectivity index (χ1n) is 13.4. The molecule has 1 aliphatic carbocycles. The van der Waals surface area contributed by atoms with Crippen molar-refractivity contribution in [3.63, 3.8) is 0 Å². The Morgan fingerprint density at radius 1 is 0.952 bits per heavy atom. The average molecular weight is 690 g/mol. The number of nitrogens with zero attached hydrogens (tertiary/aromatic N) is 1. The third kappa shape index (κ3) is 13.3. The number of rotatable bonds is 10. The Morgan fingerprint density at radius 2 is 1.50 bits per heavy atom. The molecule has 0 saturated heterocycles. The predicted octanol–water partition coefficient (Wildman–Crippen LogP) is 5.66. The highest BCUT2D eigenvalue weighted by Crippen LogP contribution is 2.33. The molecule has 2 amide bonds. The minimum absolute atomic E-state index is 0.0331. The lowest BCUT2D eigenvalue weighted by Crippen LogP contribution is -2.52. The number of alkyl carbamates (subject to hydrolysis) is 1. The molecule has 0 aromatic heterocycles. The van der Waals surface area contributed by atoms with Crippen LogP contribution >= 0.6 is 15.9 Å². The Hall–Kier alpha value is -2.30. The number of nitrogens with one attached hydrogen (secondary N) is 3. The number of carbonyl (C=O) groups is 2. The minimum atomic E-state index is -5.05. The monoisotopic (exact) mass is 688 g/mol. The van der Waals surface area contributed by atoms with E-state index < -0.39 is 50.4 Å². The van der Waals surface area contributed by atoms with Gasteiger partial charge in [-0.15, -0.1) is 13.2 Å². The van der Waals surface area contributed by atoms with E-state index in [0.717, 1.165) is 17.1 Å². The van der Waals surface area contributed by atoms with Crippen LogP contribution in [0, 0.1) is 11.8 Å². The highest BCUT2D eigenvalue weighted by Gasteiger charge is 2.35. The van der Waals surface area contributed by atoms with E-state index in [-0.39, 0.29) is 29.5 Å². The lowest BCUT2D eigenvalue weighted by molar-refractivity contribution is -0.275. The van der Waals surface area contributed by atoms with E-state index in [1.165, 1.54) is 6.07 Å². The fourth-order valence-corrected chi connectivity index (χ4v) is 5.62. The number of halogens is 4. The molecule has 16 heteroatoms. The second-order valence-electron chi connectivity index (χ2n) is 12.0. The molecule has 11 nitrogen and oxygen atoms in total. The first kappa shape index (κ1) is 35.9. The fraction of sp³-hybridized carbons (Fsp3) is 0.692. The Labute approximate surface area is 253 Å². The van der Waals surface area contributed by atoms with Crippen molar-refractivity contribution in [3.8, 4) is 5.75 Å². The third-order valence-electron chi connectivity index (χ3n) is 5.91. The summed E-state index contributed by atoms with van der Waals surface area (Å²) in [7, 11) is -4.27. The molecule has 1 aliphatic rings. The molecule has 0 atom stereocenters. The molecule has 0 bridgehead atoms. The van der Waals surface area contributed by atoms with Crippen molar-refractivity contribution in [1.82, 2.24) is 20.5 Å². The zero-order valence-electron chi connectivity index (χ0n) is 24.6. The number of alkyl halides is 3. The van der Waals surface area contributed by atoms with E-state index >= 15 is 0 Å². The molecule has 0 radical (unpaired) electrons. The number of hydrogen-bond acceptors (Lipinski definition) is 8. The normalized spacial score (nSPS) is 18.2. The Kier molecular flexibility index (Phi) is 12.3. The van der Waals surface area contributed by atoms with Gasteiger partial charge >= 0.3 is 18.5 Å². The van der Waals surface area contributed by atoms with Crippen LogP contribution in [0.15, 0.2) is 27.6 Å². The van der Waals surface area contributed by atoms with Crippen molar-refractivity contribution in [2.45, 2.75) is 89.7 Å². The van der Waals surface area contributed by atoms with Gasteiger partial charge in [-0.25, -0.2) is 33.2 Å². The van der Waals surface area contributed by atoms with Crippen LogP contribution in [0.25, 0.3) is 0 Å². The zero-order chi connectivity index (χ0) is 31.9. The number of amides is 2. The molecule has 1 fully saturated rings. The van der Waals surface area contributed by atoms with Gasteiger partial charge in [-0.05, 0) is 97.3 Å². The smallest absolute Gasteiger partial charge is 0.444 e. The van der Waals surface area contributed by atoms with E-state index in [4.69, 9.17) is 9.47 Å². The van der Waals surface area contributed by atoms with Gasteiger partial charge in [0.05, 0.1) is 0 Å². The molecule has 2 rings (SSSR count). The highest BCUT2D eigenvalue weighted by atomic mass is 79.9. The van der Waals surface area contributed by atoms with Crippen LogP contribution in [-0.4, -0.2) is 62.9 Å². The maximum atomic E-state index is 12.8. The van der Waals surface area contributed by atoms with E-state index in [1.54, 1.807) is 41.5 Å². The number of benzene rings is 1. The van der Waals surface area contributed by atoms with Crippen LogP contribution in [-0.2, 0) is 19.5 Å². The highest BCUT2D eigenvalue weighted by molar-refractivity contribution is 9.10. The predicted molar refractivity (Wildman–Crippen MR) is 152 cm³/mol. The Morgan fingerprint density at radius 3 is 2.02 bits per heavy atom. The summed E-state index contributed by atoms with van der Waals surface area (Å²) in [6.45, 7) is 10.6.